The van der Waals surface area contributed by atoms with Crippen molar-refractivity contribution in [3.63, 3.8) is 0 Å². The lowest BCUT2D eigenvalue weighted by molar-refractivity contribution is 0.274. The van der Waals surface area contributed by atoms with Gasteiger partial charge in [-0.05, 0) is 25.0 Å². The quantitative estimate of drug-likeness (QED) is 0.792. The Bertz CT molecular complexity index is 491. The summed E-state index contributed by atoms with van der Waals surface area (Å²) in [7, 11) is 0. The predicted molar refractivity (Wildman–Crippen MR) is 61.7 cm³/mol. The van der Waals surface area contributed by atoms with E-state index < -0.39 is 0 Å². The van der Waals surface area contributed by atoms with Gasteiger partial charge in [0.15, 0.2) is 0 Å². The number of fused-ring (bicyclic) bond motifs is 1. The van der Waals surface area contributed by atoms with Crippen molar-refractivity contribution in [2.24, 2.45) is 0 Å². The van der Waals surface area contributed by atoms with Gasteiger partial charge in [-0.1, -0.05) is 12.1 Å². The molecule has 3 heteroatoms. The Kier molecular flexibility index (Phi) is 2.17. The summed E-state index contributed by atoms with van der Waals surface area (Å²) >= 11 is 0. The van der Waals surface area contributed by atoms with Crippen molar-refractivity contribution < 1.29 is 4.74 Å². The molecule has 1 atom stereocenters. The van der Waals surface area contributed by atoms with E-state index in [1.165, 1.54) is 11.1 Å². The van der Waals surface area contributed by atoms with E-state index in [0.717, 1.165) is 24.6 Å². The molecule has 1 N–H and O–H groups in total. The van der Waals surface area contributed by atoms with Gasteiger partial charge in [0.25, 0.3) is 0 Å². The first-order valence-electron chi connectivity index (χ1n) is 5.58. The largest absolute Gasteiger partial charge is 0.493 e. The smallest absolute Gasteiger partial charge is 0.123 e. The van der Waals surface area contributed by atoms with Gasteiger partial charge >= 0.3 is 0 Å². The van der Waals surface area contributed by atoms with Crippen molar-refractivity contribution >= 4 is 0 Å². The normalized spacial score (nSPS) is 18.9. The maximum absolute atomic E-state index is 5.69. The van der Waals surface area contributed by atoms with Crippen molar-refractivity contribution in [2.75, 3.05) is 6.61 Å². The summed E-state index contributed by atoms with van der Waals surface area (Å²) in [5.41, 5.74) is 2.56. The summed E-state index contributed by atoms with van der Waals surface area (Å²) in [6.07, 6.45) is 4.68. The minimum absolute atomic E-state index is 0.347. The Morgan fingerprint density at radius 2 is 2.38 bits per heavy atom. The molecule has 2 aromatic rings. The lowest BCUT2D eigenvalue weighted by Crippen LogP contribution is -2.17. The number of hydrogen-bond donors (Lipinski definition) is 1. The summed E-state index contributed by atoms with van der Waals surface area (Å²) in [5, 5.41) is 0. The molecule has 0 bridgehead atoms. The highest BCUT2D eigenvalue weighted by atomic mass is 16.5. The highest BCUT2D eigenvalue weighted by molar-refractivity contribution is 5.45. The van der Waals surface area contributed by atoms with Crippen LogP contribution in [0.1, 0.15) is 29.3 Å². The molecule has 1 aromatic heterocycles. The van der Waals surface area contributed by atoms with Crippen LogP contribution in [-0.2, 0) is 0 Å². The number of aryl methyl sites for hydroxylation is 1. The fraction of sp³-hybridized carbons (Fsp3) is 0.308. The van der Waals surface area contributed by atoms with E-state index in [1.54, 1.807) is 0 Å². The SMILES string of the molecule is Cc1cccc2c1[C@@H](c1ncc[nH]1)CCO2. The second-order valence-electron chi connectivity index (χ2n) is 4.15. The van der Waals surface area contributed by atoms with Gasteiger partial charge in [0, 0.05) is 23.9 Å². The van der Waals surface area contributed by atoms with Crippen molar-refractivity contribution in [2.45, 2.75) is 19.3 Å². The zero-order chi connectivity index (χ0) is 11.0. The fourth-order valence-corrected chi connectivity index (χ4v) is 2.40. The van der Waals surface area contributed by atoms with Crippen LogP contribution in [0.4, 0.5) is 0 Å². The Hall–Kier alpha value is -1.77. The average Bonchev–Trinajstić information content (AvgIpc) is 2.82. The molecule has 0 spiro atoms. The van der Waals surface area contributed by atoms with E-state index in [9.17, 15) is 0 Å². The van der Waals surface area contributed by atoms with Crippen LogP contribution in [0.2, 0.25) is 0 Å². The standard InChI is InChI=1S/C13H14N2O/c1-9-3-2-4-11-12(9)10(5-8-16-11)13-14-6-7-15-13/h2-4,6-7,10H,5,8H2,1H3,(H,14,15)/t10-/m0/s1. The van der Waals surface area contributed by atoms with Crippen molar-refractivity contribution in [1.29, 1.82) is 0 Å². The van der Waals surface area contributed by atoms with Gasteiger partial charge in [-0.2, -0.15) is 0 Å². The number of aromatic amines is 1. The van der Waals surface area contributed by atoms with Gasteiger partial charge in [-0.25, -0.2) is 4.98 Å². The molecule has 2 heterocycles. The molecule has 0 amide bonds. The van der Waals surface area contributed by atoms with Crippen molar-refractivity contribution in [3.05, 3.63) is 47.5 Å². The molecular formula is C13H14N2O. The van der Waals surface area contributed by atoms with E-state index in [4.69, 9.17) is 4.74 Å². The van der Waals surface area contributed by atoms with Gasteiger partial charge in [0.2, 0.25) is 0 Å². The number of ether oxygens (including phenoxy) is 1. The second-order valence-corrected chi connectivity index (χ2v) is 4.15. The van der Waals surface area contributed by atoms with Crippen LogP contribution in [0.15, 0.2) is 30.6 Å². The third kappa shape index (κ3) is 1.40. The molecule has 82 valence electrons. The molecule has 0 aliphatic carbocycles. The lowest BCUT2D eigenvalue weighted by Gasteiger charge is -2.26. The van der Waals surface area contributed by atoms with Crippen LogP contribution in [0, 0.1) is 6.92 Å². The molecule has 1 aromatic carbocycles. The number of H-pyrrole nitrogens is 1. The number of hydrogen-bond acceptors (Lipinski definition) is 2. The Labute approximate surface area is 94.5 Å². The zero-order valence-corrected chi connectivity index (χ0v) is 9.23. The average molecular weight is 214 g/mol. The molecule has 0 unspecified atom stereocenters. The maximum Gasteiger partial charge on any atom is 0.123 e. The number of rotatable bonds is 1. The molecule has 3 nitrogen and oxygen atoms in total. The molecule has 1 aliphatic heterocycles. The van der Waals surface area contributed by atoms with Gasteiger partial charge < -0.3 is 9.72 Å². The van der Waals surface area contributed by atoms with Crippen LogP contribution < -0.4 is 4.74 Å². The van der Waals surface area contributed by atoms with Crippen LogP contribution >= 0.6 is 0 Å². The first-order valence-corrected chi connectivity index (χ1v) is 5.58. The summed E-state index contributed by atoms with van der Waals surface area (Å²) in [4.78, 5) is 7.58. The molecule has 16 heavy (non-hydrogen) atoms. The molecule has 0 saturated heterocycles. The third-order valence-corrected chi connectivity index (χ3v) is 3.15. The molecule has 0 saturated carbocycles. The summed E-state index contributed by atoms with van der Waals surface area (Å²) in [6.45, 7) is 2.89. The summed E-state index contributed by atoms with van der Waals surface area (Å²) in [6, 6.07) is 6.21. The highest BCUT2D eigenvalue weighted by Crippen LogP contribution is 2.38. The Morgan fingerprint density at radius 3 is 3.19 bits per heavy atom. The monoisotopic (exact) mass is 214 g/mol. The fourth-order valence-electron chi connectivity index (χ4n) is 2.40. The van der Waals surface area contributed by atoms with Crippen LogP contribution in [0.25, 0.3) is 0 Å². The zero-order valence-electron chi connectivity index (χ0n) is 9.23. The summed E-state index contributed by atoms with van der Waals surface area (Å²) in [5.74, 6) is 2.39. The number of aromatic nitrogens is 2. The lowest BCUT2D eigenvalue weighted by atomic mass is 9.89. The predicted octanol–water partition coefficient (Wildman–Crippen LogP) is 2.63. The van der Waals surface area contributed by atoms with Crippen LogP contribution in [0.3, 0.4) is 0 Å². The Morgan fingerprint density at radius 1 is 1.44 bits per heavy atom. The second kappa shape index (κ2) is 3.67. The topological polar surface area (TPSA) is 37.9 Å². The van der Waals surface area contributed by atoms with Crippen LogP contribution in [0.5, 0.6) is 5.75 Å². The Balaban J connectivity index is 2.12. The number of nitrogens with zero attached hydrogens (tertiary/aromatic N) is 1. The van der Waals surface area contributed by atoms with Gasteiger partial charge in [-0.3, -0.25) is 0 Å². The van der Waals surface area contributed by atoms with Gasteiger partial charge in [0.1, 0.15) is 11.6 Å². The maximum atomic E-state index is 5.69. The van der Waals surface area contributed by atoms with E-state index in [1.807, 2.05) is 24.5 Å². The minimum Gasteiger partial charge on any atom is -0.493 e. The number of nitrogens with one attached hydrogen (secondary N) is 1. The number of benzene rings is 1. The van der Waals surface area contributed by atoms with E-state index >= 15 is 0 Å². The number of imidazole rings is 1. The minimum atomic E-state index is 0.347. The van der Waals surface area contributed by atoms with Crippen molar-refractivity contribution in [3.8, 4) is 5.75 Å². The molecule has 0 radical (unpaired) electrons. The van der Waals surface area contributed by atoms with Crippen LogP contribution in [-0.4, -0.2) is 16.6 Å². The van der Waals surface area contributed by atoms with E-state index in [0.29, 0.717) is 5.92 Å². The third-order valence-electron chi connectivity index (χ3n) is 3.15. The summed E-state index contributed by atoms with van der Waals surface area (Å²) < 4.78 is 5.69. The highest BCUT2D eigenvalue weighted by Gasteiger charge is 2.26. The first kappa shape index (κ1) is 9.46. The van der Waals surface area contributed by atoms with Gasteiger partial charge in [0.05, 0.1) is 6.61 Å². The molecule has 1 aliphatic rings. The molecule has 3 rings (SSSR count). The molecule has 0 fully saturated rings. The molecular weight excluding hydrogens is 200 g/mol. The van der Waals surface area contributed by atoms with Gasteiger partial charge in [-0.15, -0.1) is 0 Å². The first-order chi connectivity index (χ1) is 7.86. The van der Waals surface area contributed by atoms with Crippen molar-refractivity contribution in [1.82, 2.24) is 9.97 Å². The van der Waals surface area contributed by atoms with E-state index in [2.05, 4.69) is 23.0 Å². The van der Waals surface area contributed by atoms with E-state index in [-0.39, 0.29) is 0 Å².